The molecule has 66 valence electrons. The van der Waals surface area contributed by atoms with Crippen LogP contribution in [0.25, 0.3) is 0 Å². The van der Waals surface area contributed by atoms with Gasteiger partial charge >= 0.3 is 0 Å². The molecule has 12 heavy (non-hydrogen) atoms. The van der Waals surface area contributed by atoms with Gasteiger partial charge in [0.2, 0.25) is 5.95 Å². The Kier molecular flexibility index (Phi) is 1.67. The van der Waals surface area contributed by atoms with Crippen LogP contribution in [-0.2, 0) is 13.5 Å². The molecule has 0 radical (unpaired) electrons. The largest absolute Gasteiger partial charge is 0.242 e. The van der Waals surface area contributed by atoms with Crippen molar-refractivity contribution in [1.29, 1.82) is 0 Å². The van der Waals surface area contributed by atoms with E-state index in [1.807, 2.05) is 6.92 Å². The van der Waals surface area contributed by atoms with Crippen LogP contribution in [0.4, 0.5) is 4.39 Å². The zero-order chi connectivity index (χ0) is 8.72. The highest BCUT2D eigenvalue weighted by molar-refractivity contribution is 5.25. The molecule has 0 spiro atoms. The van der Waals surface area contributed by atoms with E-state index >= 15 is 0 Å². The molecule has 2 nitrogen and oxygen atoms in total. The average Bonchev–Trinajstić information content (AvgIpc) is 2.82. The Morgan fingerprint density at radius 1 is 1.58 bits per heavy atom. The highest BCUT2D eigenvalue weighted by atomic mass is 19.1. The van der Waals surface area contributed by atoms with Crippen molar-refractivity contribution < 1.29 is 4.39 Å². The summed E-state index contributed by atoms with van der Waals surface area (Å²) in [5.74, 6) is 0.398. The minimum atomic E-state index is -0.153. The summed E-state index contributed by atoms with van der Waals surface area (Å²) in [5.41, 5.74) is 1.82. The number of aromatic nitrogens is 2. The van der Waals surface area contributed by atoms with Crippen LogP contribution in [0.3, 0.4) is 0 Å². The Morgan fingerprint density at radius 2 is 2.25 bits per heavy atom. The summed E-state index contributed by atoms with van der Waals surface area (Å²) in [7, 11) is 1.67. The van der Waals surface area contributed by atoms with Crippen LogP contribution >= 0.6 is 0 Å². The molecule has 0 bridgehead atoms. The van der Waals surface area contributed by atoms with Gasteiger partial charge in [-0.2, -0.15) is 9.49 Å². The maximum Gasteiger partial charge on any atom is 0.214 e. The highest BCUT2D eigenvalue weighted by Crippen LogP contribution is 2.41. The fourth-order valence-electron chi connectivity index (χ4n) is 1.58. The molecule has 3 heteroatoms. The van der Waals surface area contributed by atoms with Crippen LogP contribution in [0.2, 0.25) is 0 Å². The topological polar surface area (TPSA) is 17.8 Å². The number of nitrogens with zero attached hydrogens (tertiary/aromatic N) is 2. The van der Waals surface area contributed by atoms with Gasteiger partial charge in [-0.25, -0.2) is 4.68 Å². The van der Waals surface area contributed by atoms with E-state index in [0.717, 1.165) is 17.7 Å². The molecule has 1 fully saturated rings. The molecule has 0 saturated heterocycles. The molecule has 2 rings (SSSR count). The Bertz CT molecular complexity index is 300. The van der Waals surface area contributed by atoms with Crippen molar-refractivity contribution in [2.45, 2.75) is 32.1 Å². The van der Waals surface area contributed by atoms with E-state index in [1.165, 1.54) is 17.5 Å². The minimum Gasteiger partial charge on any atom is -0.242 e. The second-order valence-electron chi connectivity index (χ2n) is 3.41. The van der Waals surface area contributed by atoms with Gasteiger partial charge in [-0.15, -0.1) is 0 Å². The van der Waals surface area contributed by atoms with Crippen molar-refractivity contribution >= 4 is 0 Å². The second-order valence-corrected chi connectivity index (χ2v) is 3.41. The summed E-state index contributed by atoms with van der Waals surface area (Å²) in [6.45, 7) is 1.98. The van der Waals surface area contributed by atoms with Gasteiger partial charge in [-0.05, 0) is 19.3 Å². The van der Waals surface area contributed by atoms with Crippen molar-refractivity contribution in [1.82, 2.24) is 9.78 Å². The summed E-state index contributed by atoms with van der Waals surface area (Å²) in [6, 6.07) is 0. The number of aryl methyl sites for hydroxylation is 1. The molecule has 1 aromatic rings. The van der Waals surface area contributed by atoms with E-state index < -0.39 is 0 Å². The third kappa shape index (κ3) is 1.04. The van der Waals surface area contributed by atoms with Crippen LogP contribution in [0.1, 0.15) is 36.9 Å². The predicted octanol–water partition coefficient (Wildman–Crippen LogP) is 2.00. The van der Waals surface area contributed by atoms with E-state index in [2.05, 4.69) is 5.10 Å². The lowest BCUT2D eigenvalue weighted by Crippen LogP contribution is -1.94. The van der Waals surface area contributed by atoms with Crippen LogP contribution in [0, 0.1) is 5.95 Å². The number of halogens is 1. The number of hydrogen-bond donors (Lipinski definition) is 0. The van der Waals surface area contributed by atoms with Crippen molar-refractivity contribution in [2.75, 3.05) is 0 Å². The monoisotopic (exact) mass is 168 g/mol. The third-order valence-corrected chi connectivity index (χ3v) is 2.42. The summed E-state index contributed by atoms with van der Waals surface area (Å²) in [4.78, 5) is 0. The predicted molar refractivity (Wildman–Crippen MR) is 44.5 cm³/mol. The lowest BCUT2D eigenvalue weighted by Gasteiger charge is -1.93. The Hall–Kier alpha value is -0.860. The Balaban J connectivity index is 2.44. The first-order valence-corrected chi connectivity index (χ1v) is 4.45. The molecule has 0 amide bonds. The van der Waals surface area contributed by atoms with Gasteiger partial charge in [-0.3, -0.25) is 0 Å². The van der Waals surface area contributed by atoms with Gasteiger partial charge in [0.25, 0.3) is 0 Å². The molecule has 1 aromatic heterocycles. The molecule has 0 aliphatic heterocycles. The van der Waals surface area contributed by atoms with E-state index in [0.29, 0.717) is 5.92 Å². The molecule has 1 heterocycles. The van der Waals surface area contributed by atoms with Crippen LogP contribution in [-0.4, -0.2) is 9.78 Å². The quantitative estimate of drug-likeness (QED) is 0.660. The van der Waals surface area contributed by atoms with Gasteiger partial charge in [0.05, 0.1) is 5.69 Å². The van der Waals surface area contributed by atoms with Crippen molar-refractivity contribution in [3.63, 3.8) is 0 Å². The molecular formula is C9H13FN2. The zero-order valence-electron chi connectivity index (χ0n) is 7.47. The lowest BCUT2D eigenvalue weighted by atomic mass is 10.1. The van der Waals surface area contributed by atoms with Crippen molar-refractivity contribution in [3.8, 4) is 0 Å². The van der Waals surface area contributed by atoms with E-state index in [9.17, 15) is 4.39 Å². The molecule has 1 aliphatic rings. The first-order valence-electron chi connectivity index (χ1n) is 4.45. The second kappa shape index (κ2) is 2.57. The lowest BCUT2D eigenvalue weighted by molar-refractivity contribution is 0.495. The zero-order valence-corrected chi connectivity index (χ0v) is 7.47. The molecular weight excluding hydrogens is 155 g/mol. The summed E-state index contributed by atoms with van der Waals surface area (Å²) < 4.78 is 14.7. The van der Waals surface area contributed by atoms with Crippen LogP contribution in [0.5, 0.6) is 0 Å². The number of hydrogen-bond acceptors (Lipinski definition) is 1. The fraction of sp³-hybridized carbons (Fsp3) is 0.667. The first kappa shape index (κ1) is 7.77. The molecule has 0 unspecified atom stereocenters. The maximum absolute atomic E-state index is 13.3. The molecule has 1 aliphatic carbocycles. The van der Waals surface area contributed by atoms with Gasteiger partial charge in [0.15, 0.2) is 0 Å². The van der Waals surface area contributed by atoms with Crippen molar-refractivity contribution in [2.24, 2.45) is 7.05 Å². The van der Waals surface area contributed by atoms with E-state index in [1.54, 1.807) is 7.05 Å². The van der Waals surface area contributed by atoms with E-state index in [-0.39, 0.29) is 5.95 Å². The van der Waals surface area contributed by atoms with Gasteiger partial charge in [0.1, 0.15) is 0 Å². The average molecular weight is 168 g/mol. The maximum atomic E-state index is 13.3. The molecule has 0 N–H and O–H groups in total. The Morgan fingerprint density at radius 3 is 2.75 bits per heavy atom. The minimum absolute atomic E-state index is 0.153. The molecule has 0 aromatic carbocycles. The first-order chi connectivity index (χ1) is 5.74. The number of rotatable bonds is 2. The smallest absolute Gasteiger partial charge is 0.214 e. The fourth-order valence-corrected chi connectivity index (χ4v) is 1.58. The normalized spacial score (nSPS) is 16.9. The molecule has 1 saturated carbocycles. The summed E-state index contributed by atoms with van der Waals surface area (Å²) in [6.07, 6.45) is 3.12. The molecule has 0 atom stereocenters. The highest BCUT2D eigenvalue weighted by Gasteiger charge is 2.30. The Labute approximate surface area is 71.4 Å². The van der Waals surface area contributed by atoms with Gasteiger partial charge in [0, 0.05) is 18.5 Å². The van der Waals surface area contributed by atoms with Gasteiger partial charge < -0.3 is 0 Å². The van der Waals surface area contributed by atoms with Gasteiger partial charge in [-0.1, -0.05) is 6.92 Å². The van der Waals surface area contributed by atoms with Crippen LogP contribution < -0.4 is 0 Å². The third-order valence-electron chi connectivity index (χ3n) is 2.42. The van der Waals surface area contributed by atoms with Crippen molar-refractivity contribution in [3.05, 3.63) is 17.2 Å². The van der Waals surface area contributed by atoms with Crippen LogP contribution in [0.15, 0.2) is 0 Å². The summed E-state index contributed by atoms with van der Waals surface area (Å²) in [5, 5.41) is 4.18. The summed E-state index contributed by atoms with van der Waals surface area (Å²) >= 11 is 0. The standard InChI is InChI=1S/C9H13FN2/c1-3-7-8(6-4-5-6)11-12(2)9(7)10/h6H,3-5H2,1-2H3. The van der Waals surface area contributed by atoms with E-state index in [4.69, 9.17) is 0 Å². The SMILES string of the molecule is CCc1c(C2CC2)nn(C)c1F.